The summed E-state index contributed by atoms with van der Waals surface area (Å²) in [4.78, 5) is 37.5. The van der Waals surface area contributed by atoms with Crippen LogP contribution < -0.4 is 10.6 Å². The monoisotopic (exact) mass is 376 g/mol. The highest BCUT2D eigenvalue weighted by atomic mass is 16.3. The molecule has 2 aromatic carbocycles. The Kier molecular flexibility index (Phi) is 5.52. The Bertz CT molecular complexity index is 966. The Labute approximate surface area is 162 Å². The van der Waals surface area contributed by atoms with Crippen molar-refractivity contribution in [2.75, 3.05) is 11.4 Å². The number of aliphatic hydroxyl groups is 1. The molecule has 0 bridgehead atoms. The summed E-state index contributed by atoms with van der Waals surface area (Å²) in [5, 5.41) is 11.0. The molecule has 1 unspecified atom stereocenters. The predicted molar refractivity (Wildman–Crippen MR) is 106 cm³/mol. The second-order valence-electron chi connectivity index (χ2n) is 6.51. The molecule has 6 nitrogen and oxygen atoms in total. The SMILES string of the molecule is NC(=O)CN1C(=O)C(O)(CC(=O)C=CC=Cc2ccccc2)c2ccccc21. The second kappa shape index (κ2) is 8.02. The van der Waals surface area contributed by atoms with Gasteiger partial charge in [0.1, 0.15) is 6.54 Å². The topological polar surface area (TPSA) is 101 Å². The zero-order chi connectivity index (χ0) is 20.1. The lowest BCUT2D eigenvalue weighted by Crippen LogP contribution is -2.44. The van der Waals surface area contributed by atoms with Gasteiger partial charge in [0.15, 0.2) is 11.4 Å². The van der Waals surface area contributed by atoms with E-state index in [0.717, 1.165) is 10.5 Å². The Hall–Kier alpha value is -3.51. The number of fused-ring (bicyclic) bond motifs is 1. The number of anilines is 1. The van der Waals surface area contributed by atoms with Crippen molar-refractivity contribution in [1.82, 2.24) is 0 Å². The molecular formula is C22H20N2O4. The van der Waals surface area contributed by atoms with E-state index in [2.05, 4.69) is 0 Å². The van der Waals surface area contributed by atoms with Crippen molar-refractivity contribution in [2.45, 2.75) is 12.0 Å². The van der Waals surface area contributed by atoms with Gasteiger partial charge in [-0.2, -0.15) is 0 Å². The molecule has 6 heteroatoms. The number of benzene rings is 2. The number of nitrogens with two attached hydrogens (primary N) is 1. The predicted octanol–water partition coefficient (Wildman–Crippen LogP) is 1.93. The minimum absolute atomic E-state index is 0.294. The van der Waals surface area contributed by atoms with Crippen LogP contribution in [0.25, 0.3) is 6.08 Å². The van der Waals surface area contributed by atoms with Gasteiger partial charge in [0, 0.05) is 5.56 Å². The van der Waals surface area contributed by atoms with Gasteiger partial charge < -0.3 is 10.8 Å². The number of primary amides is 1. The first-order valence-electron chi connectivity index (χ1n) is 8.76. The lowest BCUT2D eigenvalue weighted by molar-refractivity contribution is -0.141. The van der Waals surface area contributed by atoms with Crippen molar-refractivity contribution in [3.8, 4) is 0 Å². The van der Waals surface area contributed by atoms with Crippen molar-refractivity contribution < 1.29 is 19.5 Å². The molecule has 0 saturated heterocycles. The molecule has 142 valence electrons. The van der Waals surface area contributed by atoms with Crippen LogP contribution in [-0.2, 0) is 20.0 Å². The van der Waals surface area contributed by atoms with Crippen LogP contribution in [0.2, 0.25) is 0 Å². The van der Waals surface area contributed by atoms with Gasteiger partial charge in [-0.1, -0.05) is 66.8 Å². The highest BCUT2D eigenvalue weighted by Gasteiger charge is 2.50. The quantitative estimate of drug-likeness (QED) is 0.570. The van der Waals surface area contributed by atoms with Crippen LogP contribution in [0.1, 0.15) is 17.5 Å². The fraction of sp³-hybridized carbons (Fsp3) is 0.136. The van der Waals surface area contributed by atoms with E-state index in [0.29, 0.717) is 11.3 Å². The number of nitrogens with zero attached hydrogens (tertiary/aromatic N) is 1. The number of para-hydroxylation sites is 1. The van der Waals surface area contributed by atoms with E-state index in [4.69, 9.17) is 5.73 Å². The standard InChI is InChI=1S/C22H20N2O4/c23-20(26)15-24-19-13-7-6-12-18(19)22(28,21(24)27)14-17(25)11-5-4-10-16-8-2-1-3-9-16/h1-13,28H,14-15H2,(H2,23,26). The highest BCUT2D eigenvalue weighted by Crippen LogP contribution is 2.42. The summed E-state index contributed by atoms with van der Waals surface area (Å²) < 4.78 is 0. The number of carbonyl (C=O) groups excluding carboxylic acids is 3. The summed E-state index contributed by atoms with van der Waals surface area (Å²) in [6, 6.07) is 16.1. The first kappa shape index (κ1) is 19.3. The Balaban J connectivity index is 1.76. The summed E-state index contributed by atoms with van der Waals surface area (Å²) in [5.74, 6) is -1.84. The zero-order valence-electron chi connectivity index (χ0n) is 15.1. The molecule has 0 aromatic heterocycles. The van der Waals surface area contributed by atoms with Crippen LogP contribution in [-0.4, -0.2) is 29.2 Å². The number of hydrogen-bond donors (Lipinski definition) is 2. The van der Waals surface area contributed by atoms with E-state index in [1.807, 2.05) is 36.4 Å². The maximum atomic E-state index is 12.7. The average Bonchev–Trinajstić information content (AvgIpc) is 2.88. The third kappa shape index (κ3) is 3.92. The molecule has 3 rings (SSSR count). The van der Waals surface area contributed by atoms with Gasteiger partial charge >= 0.3 is 0 Å². The molecular weight excluding hydrogens is 356 g/mol. The molecule has 2 aromatic rings. The number of ketones is 1. The van der Waals surface area contributed by atoms with Crippen molar-refractivity contribution in [3.05, 3.63) is 84.0 Å². The molecule has 1 atom stereocenters. The van der Waals surface area contributed by atoms with E-state index in [1.54, 1.807) is 36.4 Å². The third-order valence-corrected chi connectivity index (χ3v) is 4.46. The number of hydrogen-bond acceptors (Lipinski definition) is 4. The van der Waals surface area contributed by atoms with Crippen molar-refractivity contribution >= 4 is 29.4 Å². The summed E-state index contributed by atoms with van der Waals surface area (Å²) in [7, 11) is 0. The summed E-state index contributed by atoms with van der Waals surface area (Å²) >= 11 is 0. The smallest absolute Gasteiger partial charge is 0.264 e. The molecule has 1 aliphatic rings. The molecule has 1 heterocycles. The molecule has 0 saturated carbocycles. The Morgan fingerprint density at radius 3 is 2.43 bits per heavy atom. The molecule has 0 aliphatic carbocycles. The molecule has 2 amide bonds. The van der Waals surface area contributed by atoms with E-state index in [1.165, 1.54) is 6.08 Å². The molecule has 0 spiro atoms. The van der Waals surface area contributed by atoms with Gasteiger partial charge in [0.25, 0.3) is 5.91 Å². The van der Waals surface area contributed by atoms with Crippen LogP contribution in [0.3, 0.4) is 0 Å². The van der Waals surface area contributed by atoms with E-state index in [9.17, 15) is 19.5 Å². The molecule has 3 N–H and O–H groups in total. The van der Waals surface area contributed by atoms with E-state index >= 15 is 0 Å². The zero-order valence-corrected chi connectivity index (χ0v) is 15.1. The Morgan fingerprint density at radius 2 is 1.71 bits per heavy atom. The van der Waals surface area contributed by atoms with Gasteiger partial charge in [-0.25, -0.2) is 0 Å². The van der Waals surface area contributed by atoms with Crippen molar-refractivity contribution in [1.29, 1.82) is 0 Å². The Morgan fingerprint density at radius 1 is 1.04 bits per heavy atom. The fourth-order valence-electron chi connectivity index (χ4n) is 3.20. The number of amides is 2. The van der Waals surface area contributed by atoms with Crippen molar-refractivity contribution in [3.63, 3.8) is 0 Å². The van der Waals surface area contributed by atoms with E-state index in [-0.39, 0.29) is 6.54 Å². The van der Waals surface area contributed by atoms with Crippen LogP contribution in [0.5, 0.6) is 0 Å². The molecule has 0 fully saturated rings. The highest BCUT2D eigenvalue weighted by molar-refractivity contribution is 6.11. The largest absolute Gasteiger partial charge is 0.375 e. The van der Waals surface area contributed by atoms with E-state index < -0.39 is 29.6 Å². The molecule has 1 aliphatic heterocycles. The minimum atomic E-state index is -2.02. The summed E-state index contributed by atoms with van der Waals surface area (Å²) in [5.41, 5.74) is 4.86. The lowest BCUT2D eigenvalue weighted by Gasteiger charge is -2.21. The number of carbonyl (C=O) groups is 3. The normalized spacial score (nSPS) is 18.8. The van der Waals surface area contributed by atoms with Gasteiger partial charge in [0.05, 0.1) is 12.1 Å². The summed E-state index contributed by atoms with van der Waals surface area (Å²) in [6.07, 6.45) is 5.99. The number of allylic oxidation sites excluding steroid dienone is 3. The lowest BCUT2D eigenvalue weighted by atomic mass is 9.90. The van der Waals surface area contributed by atoms with Gasteiger partial charge in [-0.3, -0.25) is 19.3 Å². The van der Waals surface area contributed by atoms with Gasteiger partial charge in [-0.05, 0) is 17.7 Å². The first-order chi connectivity index (χ1) is 13.4. The maximum absolute atomic E-state index is 12.7. The fourth-order valence-corrected chi connectivity index (χ4v) is 3.20. The summed E-state index contributed by atoms with van der Waals surface area (Å²) in [6.45, 7) is -0.359. The van der Waals surface area contributed by atoms with Crippen LogP contribution >= 0.6 is 0 Å². The van der Waals surface area contributed by atoms with Gasteiger partial charge in [0.2, 0.25) is 5.91 Å². The third-order valence-electron chi connectivity index (χ3n) is 4.46. The van der Waals surface area contributed by atoms with Crippen LogP contribution in [0, 0.1) is 0 Å². The molecule has 28 heavy (non-hydrogen) atoms. The van der Waals surface area contributed by atoms with Crippen LogP contribution in [0.15, 0.2) is 72.8 Å². The van der Waals surface area contributed by atoms with Gasteiger partial charge in [-0.15, -0.1) is 0 Å². The average molecular weight is 376 g/mol. The van der Waals surface area contributed by atoms with Crippen molar-refractivity contribution in [2.24, 2.45) is 5.73 Å². The number of rotatable bonds is 7. The first-order valence-corrected chi connectivity index (χ1v) is 8.76. The minimum Gasteiger partial charge on any atom is -0.375 e. The second-order valence-corrected chi connectivity index (χ2v) is 6.51. The molecule has 0 radical (unpaired) electrons. The van der Waals surface area contributed by atoms with Crippen LogP contribution in [0.4, 0.5) is 5.69 Å². The maximum Gasteiger partial charge on any atom is 0.264 e.